The molecular weight excluding hydrogens is 232 g/mol. The Morgan fingerprint density at radius 3 is 2.33 bits per heavy atom. The lowest BCUT2D eigenvalue weighted by atomic mass is 10.0. The van der Waals surface area contributed by atoms with Crippen molar-refractivity contribution < 1.29 is 19.0 Å². The third-order valence-electron chi connectivity index (χ3n) is 2.81. The zero-order valence-electron chi connectivity index (χ0n) is 10.5. The second kappa shape index (κ2) is 4.96. The SMILES string of the molecule is COC(=O)c1ccc(OC)c2cc(OC)ccc12. The summed E-state index contributed by atoms with van der Waals surface area (Å²) in [6.07, 6.45) is 0. The normalized spacial score (nSPS) is 10.2. The van der Waals surface area contributed by atoms with Gasteiger partial charge in [-0.1, -0.05) is 0 Å². The number of benzene rings is 2. The second-order valence-electron chi connectivity index (χ2n) is 3.72. The summed E-state index contributed by atoms with van der Waals surface area (Å²) in [5.41, 5.74) is 0.510. The van der Waals surface area contributed by atoms with Crippen molar-refractivity contribution in [2.24, 2.45) is 0 Å². The number of methoxy groups -OCH3 is 3. The maximum absolute atomic E-state index is 11.7. The molecule has 2 aromatic carbocycles. The first-order valence-corrected chi connectivity index (χ1v) is 5.44. The lowest BCUT2D eigenvalue weighted by Crippen LogP contribution is -2.02. The van der Waals surface area contributed by atoms with Gasteiger partial charge in [-0.15, -0.1) is 0 Å². The van der Waals surface area contributed by atoms with Crippen LogP contribution in [-0.4, -0.2) is 27.3 Å². The molecule has 4 heteroatoms. The Hall–Kier alpha value is -2.23. The van der Waals surface area contributed by atoms with Gasteiger partial charge in [-0.05, 0) is 30.3 Å². The van der Waals surface area contributed by atoms with Crippen LogP contribution in [0.3, 0.4) is 0 Å². The van der Waals surface area contributed by atoms with E-state index in [9.17, 15) is 4.79 Å². The van der Waals surface area contributed by atoms with E-state index in [-0.39, 0.29) is 5.97 Å². The van der Waals surface area contributed by atoms with E-state index in [0.29, 0.717) is 17.1 Å². The minimum atomic E-state index is -0.368. The van der Waals surface area contributed by atoms with Crippen LogP contribution in [0, 0.1) is 0 Å². The van der Waals surface area contributed by atoms with Crippen LogP contribution < -0.4 is 9.47 Å². The van der Waals surface area contributed by atoms with Gasteiger partial charge in [0.1, 0.15) is 11.5 Å². The third kappa shape index (κ3) is 1.97. The molecule has 0 fully saturated rings. The molecule has 0 saturated carbocycles. The standard InChI is InChI=1S/C14H14O4/c1-16-9-4-5-10-11(14(15)18-3)6-7-13(17-2)12(10)8-9/h4-8H,1-3H3. The number of ether oxygens (including phenoxy) is 3. The van der Waals surface area contributed by atoms with E-state index in [2.05, 4.69) is 0 Å². The van der Waals surface area contributed by atoms with E-state index >= 15 is 0 Å². The fraction of sp³-hybridized carbons (Fsp3) is 0.214. The van der Waals surface area contributed by atoms with Gasteiger partial charge in [-0.2, -0.15) is 0 Å². The van der Waals surface area contributed by atoms with E-state index in [1.807, 2.05) is 12.1 Å². The first kappa shape index (κ1) is 12.2. The molecule has 0 aromatic heterocycles. The molecule has 2 rings (SSSR count). The summed E-state index contributed by atoms with van der Waals surface area (Å²) in [7, 11) is 4.55. The molecule has 0 amide bonds. The highest BCUT2D eigenvalue weighted by atomic mass is 16.5. The van der Waals surface area contributed by atoms with Crippen LogP contribution in [0.15, 0.2) is 30.3 Å². The molecule has 94 valence electrons. The van der Waals surface area contributed by atoms with Crippen LogP contribution >= 0.6 is 0 Å². The summed E-state index contributed by atoms with van der Waals surface area (Å²) < 4.78 is 15.2. The Balaban J connectivity index is 2.74. The fourth-order valence-electron chi connectivity index (χ4n) is 1.89. The Labute approximate surface area is 105 Å². The summed E-state index contributed by atoms with van der Waals surface area (Å²) >= 11 is 0. The van der Waals surface area contributed by atoms with Crippen molar-refractivity contribution in [1.82, 2.24) is 0 Å². The first-order valence-electron chi connectivity index (χ1n) is 5.44. The van der Waals surface area contributed by atoms with E-state index in [4.69, 9.17) is 14.2 Å². The van der Waals surface area contributed by atoms with Crippen LogP contribution in [0.4, 0.5) is 0 Å². The fourth-order valence-corrected chi connectivity index (χ4v) is 1.89. The topological polar surface area (TPSA) is 44.8 Å². The summed E-state index contributed by atoms with van der Waals surface area (Å²) in [4.78, 5) is 11.7. The van der Waals surface area contributed by atoms with Gasteiger partial charge in [-0.25, -0.2) is 4.79 Å². The lowest BCUT2D eigenvalue weighted by molar-refractivity contribution is 0.0603. The predicted molar refractivity (Wildman–Crippen MR) is 68.4 cm³/mol. The van der Waals surface area contributed by atoms with Gasteiger partial charge in [0.15, 0.2) is 0 Å². The maximum Gasteiger partial charge on any atom is 0.338 e. The Morgan fingerprint density at radius 2 is 1.72 bits per heavy atom. The molecule has 2 aromatic rings. The monoisotopic (exact) mass is 246 g/mol. The second-order valence-corrected chi connectivity index (χ2v) is 3.72. The quantitative estimate of drug-likeness (QED) is 0.781. The Kier molecular flexibility index (Phi) is 3.37. The molecule has 0 N–H and O–H groups in total. The molecule has 0 saturated heterocycles. The van der Waals surface area contributed by atoms with Gasteiger partial charge in [0, 0.05) is 10.8 Å². The van der Waals surface area contributed by atoms with Crippen LogP contribution in [0.1, 0.15) is 10.4 Å². The van der Waals surface area contributed by atoms with Gasteiger partial charge >= 0.3 is 5.97 Å². The Bertz CT molecular complexity index is 590. The van der Waals surface area contributed by atoms with Gasteiger partial charge < -0.3 is 14.2 Å². The molecule has 0 unspecified atom stereocenters. The van der Waals surface area contributed by atoms with Gasteiger partial charge in [0.2, 0.25) is 0 Å². The number of hydrogen-bond donors (Lipinski definition) is 0. The average molecular weight is 246 g/mol. The highest BCUT2D eigenvalue weighted by molar-refractivity contribution is 6.06. The molecular formula is C14H14O4. The van der Waals surface area contributed by atoms with Crippen LogP contribution in [0.25, 0.3) is 10.8 Å². The molecule has 0 heterocycles. The minimum absolute atomic E-state index is 0.368. The van der Waals surface area contributed by atoms with Crippen molar-refractivity contribution in [3.05, 3.63) is 35.9 Å². The largest absolute Gasteiger partial charge is 0.497 e. The van der Waals surface area contributed by atoms with E-state index < -0.39 is 0 Å². The summed E-state index contributed by atoms with van der Waals surface area (Å²) in [5, 5.41) is 1.60. The van der Waals surface area contributed by atoms with Crippen molar-refractivity contribution in [3.63, 3.8) is 0 Å². The maximum atomic E-state index is 11.7. The van der Waals surface area contributed by atoms with Crippen LogP contribution in [0.2, 0.25) is 0 Å². The van der Waals surface area contributed by atoms with Gasteiger partial charge in [0.25, 0.3) is 0 Å². The van der Waals surface area contributed by atoms with Crippen LogP contribution in [0.5, 0.6) is 11.5 Å². The highest BCUT2D eigenvalue weighted by Crippen LogP contribution is 2.31. The molecule has 0 aliphatic heterocycles. The summed E-state index contributed by atoms with van der Waals surface area (Å²) in [5.74, 6) is 1.03. The minimum Gasteiger partial charge on any atom is -0.497 e. The van der Waals surface area contributed by atoms with Gasteiger partial charge in [-0.3, -0.25) is 0 Å². The molecule has 0 bridgehead atoms. The van der Waals surface area contributed by atoms with E-state index in [1.54, 1.807) is 32.4 Å². The van der Waals surface area contributed by atoms with Crippen LogP contribution in [-0.2, 0) is 4.74 Å². The molecule has 18 heavy (non-hydrogen) atoms. The Morgan fingerprint density at radius 1 is 0.944 bits per heavy atom. The molecule has 0 aliphatic rings. The zero-order chi connectivity index (χ0) is 13.1. The number of carbonyl (C=O) groups excluding carboxylic acids is 1. The highest BCUT2D eigenvalue weighted by Gasteiger charge is 2.13. The van der Waals surface area contributed by atoms with Crippen molar-refractivity contribution in [3.8, 4) is 11.5 Å². The molecule has 0 aliphatic carbocycles. The van der Waals surface area contributed by atoms with Crippen molar-refractivity contribution in [2.45, 2.75) is 0 Å². The smallest absolute Gasteiger partial charge is 0.338 e. The van der Waals surface area contributed by atoms with Gasteiger partial charge in [0.05, 0.1) is 26.9 Å². The van der Waals surface area contributed by atoms with E-state index in [0.717, 1.165) is 10.8 Å². The van der Waals surface area contributed by atoms with Crippen molar-refractivity contribution >= 4 is 16.7 Å². The average Bonchev–Trinajstić information content (AvgIpc) is 2.44. The number of esters is 1. The number of fused-ring (bicyclic) bond motifs is 1. The lowest BCUT2D eigenvalue weighted by Gasteiger charge is -2.10. The molecule has 0 spiro atoms. The number of rotatable bonds is 3. The molecule has 0 radical (unpaired) electrons. The molecule has 4 nitrogen and oxygen atoms in total. The number of carbonyl (C=O) groups is 1. The third-order valence-corrected chi connectivity index (χ3v) is 2.81. The summed E-state index contributed by atoms with van der Waals surface area (Å²) in [6.45, 7) is 0. The first-order chi connectivity index (χ1) is 8.71. The predicted octanol–water partition coefficient (Wildman–Crippen LogP) is 2.64. The number of hydrogen-bond acceptors (Lipinski definition) is 4. The molecule has 0 atom stereocenters. The van der Waals surface area contributed by atoms with Crippen molar-refractivity contribution in [2.75, 3.05) is 21.3 Å². The van der Waals surface area contributed by atoms with E-state index in [1.165, 1.54) is 7.11 Å². The van der Waals surface area contributed by atoms with Crippen molar-refractivity contribution in [1.29, 1.82) is 0 Å². The summed E-state index contributed by atoms with van der Waals surface area (Å²) in [6, 6.07) is 8.89. The zero-order valence-corrected chi connectivity index (χ0v) is 10.5.